The van der Waals surface area contributed by atoms with E-state index in [1.807, 2.05) is 0 Å². The molecule has 1 heterocycles. The number of amides is 2. The number of rotatable bonds is 7. The van der Waals surface area contributed by atoms with Gasteiger partial charge in [0.25, 0.3) is 21.8 Å². The number of nitrogens with one attached hydrogen (secondary N) is 2. The summed E-state index contributed by atoms with van der Waals surface area (Å²) in [4.78, 5) is 25.0. The standard InChI is InChI=1S/C25H21N3O5S/c1-28(21-11-3-2-4-12-21)34(31,32)22-13-5-8-18(16-22)24(29)26-19-9-6-10-20(17-19)27-25(30)23-14-7-15-33-23/h2-17H,1H3,(H,26,29)(H,27,30). The largest absolute Gasteiger partial charge is 0.459 e. The smallest absolute Gasteiger partial charge is 0.291 e. The van der Waals surface area contributed by atoms with Crippen molar-refractivity contribution in [2.24, 2.45) is 0 Å². The number of nitrogens with zero attached hydrogens (tertiary/aromatic N) is 1. The van der Waals surface area contributed by atoms with Gasteiger partial charge in [-0.1, -0.05) is 30.3 Å². The first-order chi connectivity index (χ1) is 16.3. The Labute approximate surface area is 196 Å². The number of hydrogen-bond acceptors (Lipinski definition) is 5. The highest BCUT2D eigenvalue weighted by Gasteiger charge is 2.22. The number of sulfonamides is 1. The van der Waals surface area contributed by atoms with E-state index in [1.54, 1.807) is 60.7 Å². The van der Waals surface area contributed by atoms with Crippen LogP contribution >= 0.6 is 0 Å². The van der Waals surface area contributed by atoms with Crippen molar-refractivity contribution in [3.63, 3.8) is 0 Å². The molecule has 8 nitrogen and oxygen atoms in total. The van der Waals surface area contributed by atoms with Crippen LogP contribution in [0.5, 0.6) is 0 Å². The number of carbonyl (C=O) groups excluding carboxylic acids is 2. The van der Waals surface area contributed by atoms with Crippen LogP contribution in [0.3, 0.4) is 0 Å². The molecule has 172 valence electrons. The molecule has 34 heavy (non-hydrogen) atoms. The van der Waals surface area contributed by atoms with Gasteiger partial charge in [-0.05, 0) is 60.7 Å². The second-order valence-electron chi connectivity index (χ2n) is 7.30. The van der Waals surface area contributed by atoms with E-state index in [2.05, 4.69) is 10.6 Å². The van der Waals surface area contributed by atoms with Gasteiger partial charge in [0, 0.05) is 24.0 Å². The molecule has 0 saturated heterocycles. The number of carbonyl (C=O) groups is 2. The topological polar surface area (TPSA) is 109 Å². The van der Waals surface area contributed by atoms with Crippen LogP contribution in [-0.2, 0) is 10.0 Å². The molecule has 9 heteroatoms. The fraction of sp³-hybridized carbons (Fsp3) is 0.0400. The highest BCUT2D eigenvalue weighted by atomic mass is 32.2. The van der Waals surface area contributed by atoms with Gasteiger partial charge in [-0.2, -0.15) is 0 Å². The quantitative estimate of drug-likeness (QED) is 0.406. The minimum Gasteiger partial charge on any atom is -0.459 e. The SMILES string of the molecule is CN(c1ccccc1)S(=O)(=O)c1cccc(C(=O)Nc2cccc(NC(=O)c3ccco3)c2)c1. The fourth-order valence-corrected chi connectivity index (χ4v) is 4.45. The molecule has 0 spiro atoms. The molecular weight excluding hydrogens is 454 g/mol. The maximum absolute atomic E-state index is 13.1. The molecule has 0 bridgehead atoms. The van der Waals surface area contributed by atoms with Gasteiger partial charge in [-0.15, -0.1) is 0 Å². The van der Waals surface area contributed by atoms with E-state index in [0.717, 1.165) is 4.31 Å². The van der Waals surface area contributed by atoms with E-state index in [0.29, 0.717) is 17.1 Å². The summed E-state index contributed by atoms with van der Waals surface area (Å²) in [6.45, 7) is 0. The zero-order valence-corrected chi connectivity index (χ0v) is 19.0. The van der Waals surface area contributed by atoms with Gasteiger partial charge in [-0.3, -0.25) is 13.9 Å². The lowest BCUT2D eigenvalue weighted by Gasteiger charge is -2.19. The summed E-state index contributed by atoms with van der Waals surface area (Å²) in [5.74, 6) is -0.754. The summed E-state index contributed by atoms with van der Waals surface area (Å²) in [6, 6.07) is 24.2. The Morgan fingerprint density at radius 3 is 2.12 bits per heavy atom. The molecule has 3 aromatic carbocycles. The van der Waals surface area contributed by atoms with Crippen LogP contribution in [0, 0.1) is 0 Å². The maximum Gasteiger partial charge on any atom is 0.291 e. The molecule has 4 aromatic rings. The molecule has 0 fully saturated rings. The van der Waals surface area contributed by atoms with Crippen molar-refractivity contribution in [1.29, 1.82) is 0 Å². The monoisotopic (exact) mass is 475 g/mol. The number of para-hydroxylation sites is 1. The molecule has 2 N–H and O–H groups in total. The van der Waals surface area contributed by atoms with E-state index < -0.39 is 21.8 Å². The van der Waals surface area contributed by atoms with Crippen molar-refractivity contribution in [2.45, 2.75) is 4.90 Å². The Balaban J connectivity index is 1.50. The highest BCUT2D eigenvalue weighted by Crippen LogP contribution is 2.23. The Bertz CT molecular complexity index is 1420. The summed E-state index contributed by atoms with van der Waals surface area (Å²) >= 11 is 0. The van der Waals surface area contributed by atoms with Gasteiger partial charge in [0.1, 0.15) is 0 Å². The van der Waals surface area contributed by atoms with Crippen molar-refractivity contribution in [2.75, 3.05) is 22.0 Å². The third kappa shape index (κ3) is 5.00. The summed E-state index contributed by atoms with van der Waals surface area (Å²) in [7, 11) is -2.41. The van der Waals surface area contributed by atoms with Gasteiger partial charge in [0.2, 0.25) is 0 Å². The lowest BCUT2D eigenvalue weighted by atomic mass is 10.2. The molecule has 2 amide bonds. The predicted molar refractivity (Wildman–Crippen MR) is 130 cm³/mol. The number of furan rings is 1. The average Bonchev–Trinajstić information content (AvgIpc) is 3.40. The van der Waals surface area contributed by atoms with Gasteiger partial charge in [0.15, 0.2) is 5.76 Å². The molecule has 4 rings (SSSR count). The predicted octanol–water partition coefficient (Wildman–Crippen LogP) is 4.61. The van der Waals surface area contributed by atoms with Crippen LogP contribution in [0.25, 0.3) is 0 Å². The van der Waals surface area contributed by atoms with Gasteiger partial charge in [0.05, 0.1) is 16.8 Å². The molecule has 0 saturated carbocycles. The van der Waals surface area contributed by atoms with Crippen molar-refractivity contribution in [3.05, 3.63) is 109 Å². The van der Waals surface area contributed by atoms with Crippen molar-refractivity contribution < 1.29 is 22.4 Å². The zero-order chi connectivity index (χ0) is 24.1. The fourth-order valence-electron chi connectivity index (χ4n) is 3.21. The highest BCUT2D eigenvalue weighted by molar-refractivity contribution is 7.92. The van der Waals surface area contributed by atoms with Gasteiger partial charge >= 0.3 is 0 Å². The molecule has 0 atom stereocenters. The van der Waals surface area contributed by atoms with E-state index in [-0.39, 0.29) is 16.2 Å². The Morgan fingerprint density at radius 1 is 0.765 bits per heavy atom. The summed E-state index contributed by atoms with van der Waals surface area (Å²) in [6.07, 6.45) is 1.40. The molecule has 0 aliphatic rings. The second-order valence-corrected chi connectivity index (χ2v) is 9.27. The van der Waals surface area contributed by atoms with Crippen molar-refractivity contribution >= 4 is 38.9 Å². The van der Waals surface area contributed by atoms with Crippen molar-refractivity contribution in [3.8, 4) is 0 Å². The first kappa shape index (κ1) is 22.8. The van der Waals surface area contributed by atoms with Crippen LogP contribution in [0.4, 0.5) is 17.1 Å². The molecular formula is C25H21N3O5S. The summed E-state index contributed by atoms with van der Waals surface area (Å²) < 4.78 is 32.3. The number of benzene rings is 3. The third-order valence-electron chi connectivity index (χ3n) is 5.00. The maximum atomic E-state index is 13.1. The normalized spacial score (nSPS) is 11.0. The van der Waals surface area contributed by atoms with Crippen molar-refractivity contribution in [1.82, 2.24) is 0 Å². The summed E-state index contributed by atoms with van der Waals surface area (Å²) in [5.41, 5.74) is 1.57. The molecule has 0 unspecified atom stereocenters. The van der Waals surface area contributed by atoms with E-state index >= 15 is 0 Å². The molecule has 1 aromatic heterocycles. The Kier molecular flexibility index (Phi) is 6.46. The molecule has 0 aliphatic carbocycles. The van der Waals surface area contributed by atoms with Crippen LogP contribution < -0.4 is 14.9 Å². The van der Waals surface area contributed by atoms with Gasteiger partial charge < -0.3 is 15.1 Å². The van der Waals surface area contributed by atoms with Crippen LogP contribution in [0.2, 0.25) is 0 Å². The number of hydrogen-bond donors (Lipinski definition) is 2. The van der Waals surface area contributed by atoms with E-state index in [4.69, 9.17) is 4.42 Å². The molecule has 0 radical (unpaired) electrons. The summed E-state index contributed by atoms with van der Waals surface area (Å²) in [5, 5.41) is 5.41. The van der Waals surface area contributed by atoms with E-state index in [9.17, 15) is 18.0 Å². The van der Waals surface area contributed by atoms with Crippen LogP contribution in [-0.4, -0.2) is 27.3 Å². The average molecular weight is 476 g/mol. The Morgan fingerprint density at radius 2 is 1.44 bits per heavy atom. The Hall–Kier alpha value is -4.37. The van der Waals surface area contributed by atoms with Gasteiger partial charge in [-0.25, -0.2) is 8.42 Å². The minimum absolute atomic E-state index is 0.00837. The third-order valence-corrected chi connectivity index (χ3v) is 6.78. The first-order valence-corrected chi connectivity index (χ1v) is 11.7. The number of anilines is 3. The van der Waals surface area contributed by atoms with E-state index in [1.165, 1.54) is 43.6 Å². The minimum atomic E-state index is -3.87. The second kappa shape index (κ2) is 9.63. The van der Waals surface area contributed by atoms with Crippen LogP contribution in [0.15, 0.2) is 107 Å². The first-order valence-electron chi connectivity index (χ1n) is 10.2. The molecule has 0 aliphatic heterocycles. The lowest BCUT2D eigenvalue weighted by Crippen LogP contribution is -2.26. The van der Waals surface area contributed by atoms with Crippen LogP contribution in [0.1, 0.15) is 20.9 Å². The lowest BCUT2D eigenvalue weighted by molar-refractivity contribution is 0.0995. The zero-order valence-electron chi connectivity index (χ0n) is 18.1.